The van der Waals surface area contributed by atoms with Crippen molar-refractivity contribution in [1.82, 2.24) is 9.13 Å². The number of hydrogen-bond donors (Lipinski definition) is 0. The molecule has 0 bridgehead atoms. The quantitative estimate of drug-likeness (QED) is 0.121. The van der Waals surface area contributed by atoms with Gasteiger partial charge in [-0.3, -0.25) is 0 Å². The van der Waals surface area contributed by atoms with E-state index < -0.39 is 8.07 Å². The van der Waals surface area contributed by atoms with Crippen LogP contribution in [0.3, 0.4) is 0 Å². The number of allylic oxidation sites excluding steroid dienone is 1. The molecule has 1 aliphatic heterocycles. The Bertz CT molecular complexity index is 3180. The molecule has 0 spiro atoms. The average molecular weight is 775 g/mol. The molecule has 1 unspecified atom stereocenters. The van der Waals surface area contributed by atoms with Crippen LogP contribution in [0.25, 0.3) is 50.2 Å². The molecular weight excluding hydrogens is 737 g/mol. The number of hydrogen-bond acceptors (Lipinski definition) is 1. The van der Waals surface area contributed by atoms with Crippen molar-refractivity contribution in [1.29, 1.82) is 0 Å². The van der Waals surface area contributed by atoms with E-state index in [9.17, 15) is 0 Å². The second kappa shape index (κ2) is 13.2. The first-order valence-corrected chi connectivity index (χ1v) is 23.0. The largest absolute Gasteiger partial charge is 0.310 e. The zero-order chi connectivity index (χ0) is 38.2. The summed E-state index contributed by atoms with van der Waals surface area (Å²) >= 11 is 1.95. The van der Waals surface area contributed by atoms with E-state index in [2.05, 4.69) is 221 Å². The summed E-state index contributed by atoms with van der Waals surface area (Å²) in [6.07, 6.45) is 3.51. The lowest BCUT2D eigenvalue weighted by molar-refractivity contribution is 0.811. The number of rotatable bonds is 6. The SMILES string of the molecule is C1=C2Sc3ccccc3C2Cc2c1n(-c1ccc([Si](c3ccccc3)(c3ccccc3)c3cccc4c3c3ccccc3n4-c3ccccc3)cc1)c1ccccc21. The molecule has 8 aromatic carbocycles. The van der Waals surface area contributed by atoms with Crippen LogP contribution in [0.2, 0.25) is 0 Å². The van der Waals surface area contributed by atoms with Crippen LogP contribution in [0.4, 0.5) is 0 Å². The fraction of sp³-hybridized carbons (Fsp3) is 0.0370. The lowest BCUT2D eigenvalue weighted by atomic mass is 9.86. The fourth-order valence-electron chi connectivity index (χ4n) is 10.3. The Morgan fingerprint density at radius 1 is 0.448 bits per heavy atom. The van der Waals surface area contributed by atoms with Crippen molar-refractivity contribution < 1.29 is 0 Å². The number of fused-ring (bicyclic) bond motifs is 9. The Hall–Kier alpha value is -6.59. The highest BCUT2D eigenvalue weighted by Gasteiger charge is 2.43. The summed E-state index contributed by atoms with van der Waals surface area (Å²) in [5.41, 5.74) is 10.3. The third kappa shape index (κ3) is 4.86. The maximum Gasteiger partial charge on any atom is 0.180 e. The standard InChI is InChI=1S/C54H38N2SSi/c1-4-17-37(18-5-1)55-48-27-14-11-25-44(48)54-49(55)28-16-30-53(54)58(39-19-6-2-7-20-39,40-21-8-3-9-22-40)41-33-31-38(32-34-41)56-47-26-13-10-23-42(47)45-35-46-43-24-12-15-29-51(43)57-52(46)36-50(45)56/h1-34,36,46H,35H2. The van der Waals surface area contributed by atoms with Crippen LogP contribution in [0, 0.1) is 0 Å². The normalized spacial score (nSPS) is 14.7. The molecule has 0 N–H and O–H groups in total. The molecule has 4 heteroatoms. The Labute approximate surface area is 343 Å². The molecule has 0 fully saturated rings. The average Bonchev–Trinajstić information content (AvgIpc) is 3.95. The van der Waals surface area contributed by atoms with Gasteiger partial charge in [-0.1, -0.05) is 169 Å². The summed E-state index contributed by atoms with van der Waals surface area (Å²) in [6.45, 7) is 0. The second-order valence-electron chi connectivity index (χ2n) is 15.6. The zero-order valence-electron chi connectivity index (χ0n) is 31.8. The van der Waals surface area contributed by atoms with E-state index in [-0.39, 0.29) is 0 Å². The molecule has 0 saturated heterocycles. The summed E-state index contributed by atoms with van der Waals surface area (Å²) in [4.78, 5) is 2.85. The van der Waals surface area contributed by atoms with Gasteiger partial charge in [-0.25, -0.2) is 0 Å². The van der Waals surface area contributed by atoms with Crippen LogP contribution in [0.15, 0.2) is 216 Å². The van der Waals surface area contributed by atoms with Crippen molar-refractivity contribution >= 4 is 79.4 Å². The van der Waals surface area contributed by atoms with E-state index in [4.69, 9.17) is 0 Å². The second-order valence-corrected chi connectivity index (χ2v) is 20.5. The van der Waals surface area contributed by atoms with Gasteiger partial charge in [0.15, 0.2) is 8.07 Å². The summed E-state index contributed by atoms with van der Waals surface area (Å²) in [5.74, 6) is 0.425. The Kier molecular flexibility index (Phi) is 7.66. The monoisotopic (exact) mass is 774 g/mol. The highest BCUT2D eigenvalue weighted by Crippen LogP contribution is 2.54. The van der Waals surface area contributed by atoms with Crippen molar-refractivity contribution in [2.75, 3.05) is 0 Å². The lowest BCUT2D eigenvalue weighted by Crippen LogP contribution is -2.74. The number of aromatic nitrogens is 2. The van der Waals surface area contributed by atoms with Gasteiger partial charge >= 0.3 is 0 Å². The van der Waals surface area contributed by atoms with E-state index in [0.29, 0.717) is 5.92 Å². The van der Waals surface area contributed by atoms with E-state index in [1.165, 1.54) is 91.5 Å². The molecule has 2 nitrogen and oxygen atoms in total. The first kappa shape index (κ1) is 33.5. The van der Waals surface area contributed by atoms with E-state index in [1.54, 1.807) is 0 Å². The minimum absolute atomic E-state index is 0.425. The number of nitrogens with zero attached hydrogens (tertiary/aromatic N) is 2. The van der Waals surface area contributed by atoms with Gasteiger partial charge in [0.25, 0.3) is 0 Å². The lowest BCUT2D eigenvalue weighted by Gasteiger charge is -2.35. The number of benzene rings is 8. The Balaban J connectivity index is 1.11. The fourth-order valence-corrected chi connectivity index (χ4v) is 16.5. The maximum atomic E-state index is 2.52. The third-order valence-corrected chi connectivity index (χ3v) is 18.7. The highest BCUT2D eigenvalue weighted by molar-refractivity contribution is 8.03. The molecule has 1 atom stereocenters. The molecule has 58 heavy (non-hydrogen) atoms. The van der Waals surface area contributed by atoms with Crippen molar-refractivity contribution in [3.63, 3.8) is 0 Å². The predicted octanol–water partition coefficient (Wildman–Crippen LogP) is 10.9. The van der Waals surface area contributed by atoms with Gasteiger partial charge in [0.05, 0.1) is 22.2 Å². The molecule has 0 radical (unpaired) electrons. The van der Waals surface area contributed by atoms with Gasteiger partial charge in [-0.15, -0.1) is 0 Å². The molecule has 2 aliphatic rings. The smallest absolute Gasteiger partial charge is 0.180 e. The zero-order valence-corrected chi connectivity index (χ0v) is 33.6. The van der Waals surface area contributed by atoms with Crippen LogP contribution in [0.5, 0.6) is 0 Å². The molecule has 274 valence electrons. The van der Waals surface area contributed by atoms with Crippen LogP contribution in [-0.4, -0.2) is 17.2 Å². The van der Waals surface area contributed by atoms with Gasteiger partial charge in [-0.2, -0.15) is 0 Å². The minimum atomic E-state index is -2.95. The molecule has 0 amide bonds. The Morgan fingerprint density at radius 2 is 1.00 bits per heavy atom. The van der Waals surface area contributed by atoms with Crippen LogP contribution in [0.1, 0.15) is 22.7 Å². The van der Waals surface area contributed by atoms with Crippen molar-refractivity contribution in [2.24, 2.45) is 0 Å². The highest BCUT2D eigenvalue weighted by atomic mass is 32.2. The molecule has 2 aromatic heterocycles. The topological polar surface area (TPSA) is 9.86 Å². The van der Waals surface area contributed by atoms with E-state index >= 15 is 0 Å². The minimum Gasteiger partial charge on any atom is -0.310 e. The molecule has 12 rings (SSSR count). The maximum absolute atomic E-state index is 2.95. The van der Waals surface area contributed by atoms with Crippen LogP contribution < -0.4 is 20.7 Å². The van der Waals surface area contributed by atoms with Gasteiger partial charge in [0, 0.05) is 38.3 Å². The van der Waals surface area contributed by atoms with E-state index in [0.717, 1.165) is 6.42 Å². The Morgan fingerprint density at radius 3 is 1.72 bits per heavy atom. The summed E-state index contributed by atoms with van der Waals surface area (Å²) in [6, 6.07) is 77.2. The summed E-state index contributed by atoms with van der Waals surface area (Å²) in [7, 11) is -2.95. The predicted molar refractivity (Wildman–Crippen MR) is 248 cm³/mol. The van der Waals surface area contributed by atoms with Gasteiger partial charge in [0.1, 0.15) is 0 Å². The summed E-state index contributed by atoms with van der Waals surface area (Å²) < 4.78 is 4.97. The van der Waals surface area contributed by atoms with Gasteiger partial charge in [-0.05, 0) is 97.8 Å². The first-order chi connectivity index (χ1) is 28.8. The molecule has 10 aromatic rings. The number of thioether (sulfide) groups is 1. The first-order valence-electron chi connectivity index (χ1n) is 20.2. The third-order valence-electron chi connectivity index (χ3n) is 12.7. The molecule has 3 heterocycles. The summed E-state index contributed by atoms with van der Waals surface area (Å²) in [5, 5.41) is 9.46. The van der Waals surface area contributed by atoms with Crippen molar-refractivity contribution in [2.45, 2.75) is 17.2 Å². The van der Waals surface area contributed by atoms with E-state index in [1.807, 2.05) is 11.8 Å². The van der Waals surface area contributed by atoms with Crippen LogP contribution >= 0.6 is 11.8 Å². The van der Waals surface area contributed by atoms with Crippen molar-refractivity contribution in [3.05, 3.63) is 228 Å². The van der Waals surface area contributed by atoms with Gasteiger partial charge < -0.3 is 9.13 Å². The van der Waals surface area contributed by atoms with Crippen molar-refractivity contribution in [3.8, 4) is 11.4 Å². The van der Waals surface area contributed by atoms with Crippen LogP contribution in [-0.2, 0) is 6.42 Å². The molecule has 0 saturated carbocycles. The molecule has 1 aliphatic carbocycles. The molecular formula is C54H38N2SSi. The van der Waals surface area contributed by atoms with Gasteiger partial charge in [0.2, 0.25) is 0 Å². The number of para-hydroxylation sites is 3.